The van der Waals surface area contributed by atoms with Gasteiger partial charge < -0.3 is 30.2 Å². The second-order valence-electron chi connectivity index (χ2n) is 12.5. The Hall–Kier alpha value is -6.09. The number of methoxy groups -OCH3 is 3. The summed E-state index contributed by atoms with van der Waals surface area (Å²) in [5.41, 5.74) is 12.9. The minimum Gasteiger partial charge on any atom is -0.495 e. The van der Waals surface area contributed by atoms with E-state index in [2.05, 4.69) is 67.3 Å². The summed E-state index contributed by atoms with van der Waals surface area (Å²) in [6, 6.07) is 31.1. The van der Waals surface area contributed by atoms with Gasteiger partial charge in [0.05, 0.1) is 75.1 Å². The second-order valence-corrected chi connectivity index (χ2v) is 12.5. The molecule has 3 N–H and O–H groups in total. The Morgan fingerprint density at radius 1 is 0.431 bits per heavy atom. The summed E-state index contributed by atoms with van der Waals surface area (Å²) >= 11 is 0. The molecule has 0 saturated carbocycles. The summed E-state index contributed by atoms with van der Waals surface area (Å²) in [5.74, 6) is 2.37. The Morgan fingerprint density at radius 2 is 0.725 bits per heavy atom. The molecule has 0 amide bonds. The van der Waals surface area contributed by atoms with E-state index in [0.29, 0.717) is 19.6 Å². The van der Waals surface area contributed by atoms with E-state index in [-0.39, 0.29) is 0 Å². The van der Waals surface area contributed by atoms with Gasteiger partial charge in [-0.2, -0.15) is 0 Å². The molecule has 1 aliphatic carbocycles. The van der Waals surface area contributed by atoms with Gasteiger partial charge in [-0.3, -0.25) is 15.0 Å². The van der Waals surface area contributed by atoms with Gasteiger partial charge in [0.1, 0.15) is 17.2 Å². The molecule has 0 spiro atoms. The fourth-order valence-electron chi connectivity index (χ4n) is 6.59. The maximum absolute atomic E-state index is 5.97. The van der Waals surface area contributed by atoms with Crippen molar-refractivity contribution in [2.24, 2.45) is 0 Å². The predicted molar refractivity (Wildman–Crippen MR) is 202 cm³/mol. The monoisotopic (exact) mass is 678 g/mol. The van der Waals surface area contributed by atoms with E-state index in [1.165, 1.54) is 33.4 Å². The van der Waals surface area contributed by atoms with Crippen molar-refractivity contribution in [3.8, 4) is 17.2 Å². The summed E-state index contributed by atoms with van der Waals surface area (Å²) in [6.45, 7) is 1.75. The highest BCUT2D eigenvalue weighted by Crippen LogP contribution is 2.39. The van der Waals surface area contributed by atoms with Crippen LogP contribution in [0.25, 0.3) is 0 Å². The van der Waals surface area contributed by atoms with E-state index >= 15 is 0 Å². The third kappa shape index (κ3) is 7.88. The van der Waals surface area contributed by atoms with Crippen molar-refractivity contribution in [2.45, 2.75) is 38.9 Å². The number of nitrogens with one attached hydrogen (secondary N) is 3. The molecular weight excluding hydrogens is 637 g/mol. The highest BCUT2D eigenvalue weighted by molar-refractivity contribution is 5.67. The summed E-state index contributed by atoms with van der Waals surface area (Å²) in [6.07, 6.45) is 7.61. The average Bonchev–Trinajstić information content (AvgIpc) is 3.24. The first-order valence-electron chi connectivity index (χ1n) is 17.1. The van der Waals surface area contributed by atoms with Crippen LogP contribution in [-0.4, -0.2) is 36.3 Å². The molecule has 3 heterocycles. The van der Waals surface area contributed by atoms with Gasteiger partial charge in [0, 0.05) is 18.6 Å². The Labute approximate surface area is 299 Å². The second kappa shape index (κ2) is 15.6. The number of aromatic nitrogens is 3. The van der Waals surface area contributed by atoms with Crippen LogP contribution in [0.4, 0.5) is 17.1 Å². The largest absolute Gasteiger partial charge is 0.495 e. The van der Waals surface area contributed by atoms with Crippen molar-refractivity contribution < 1.29 is 14.2 Å². The summed E-state index contributed by atoms with van der Waals surface area (Å²) in [4.78, 5) is 13.5. The van der Waals surface area contributed by atoms with Crippen LogP contribution in [0.2, 0.25) is 0 Å². The number of hydrogen-bond acceptors (Lipinski definition) is 9. The van der Waals surface area contributed by atoms with Gasteiger partial charge in [-0.15, -0.1) is 0 Å². The van der Waals surface area contributed by atoms with Crippen LogP contribution in [-0.2, 0) is 38.9 Å². The number of hydrogen-bond donors (Lipinski definition) is 3. The van der Waals surface area contributed by atoms with Crippen molar-refractivity contribution >= 4 is 17.1 Å². The molecule has 258 valence electrons. The predicted octanol–water partition coefficient (Wildman–Crippen LogP) is 7.82. The first kappa shape index (κ1) is 33.4. The van der Waals surface area contributed by atoms with Crippen molar-refractivity contribution in [2.75, 3.05) is 37.3 Å². The van der Waals surface area contributed by atoms with E-state index in [4.69, 9.17) is 14.2 Å². The molecule has 9 heteroatoms. The molecule has 7 rings (SSSR count). The maximum atomic E-state index is 5.97. The third-order valence-electron chi connectivity index (χ3n) is 9.27. The van der Waals surface area contributed by atoms with Gasteiger partial charge in [0.2, 0.25) is 0 Å². The molecule has 0 fully saturated rings. The lowest BCUT2D eigenvalue weighted by atomic mass is 9.93. The minimum atomic E-state index is 0.583. The van der Waals surface area contributed by atoms with Crippen molar-refractivity contribution in [3.63, 3.8) is 0 Å². The number of pyridine rings is 3. The standard InChI is InChI=1S/C42H42N6O3/c1-49-40-22-31-16-29-20-38(47-26-35-11-5-8-14-44-35)42(51-3)24-33(29)18-30-21-39(48-27-36-12-6-9-15-45-36)41(50-2)23-32(30)17-28(31)19-37(40)46-25-34-10-4-7-13-43-34/h4-15,19-24,46-48H,16-18,25-27H2,1-3H3. The van der Waals surface area contributed by atoms with Gasteiger partial charge in [-0.05, 0) is 125 Å². The van der Waals surface area contributed by atoms with Crippen molar-refractivity contribution in [1.82, 2.24) is 15.0 Å². The quantitative estimate of drug-likeness (QED) is 0.119. The Bertz CT molecular complexity index is 1850. The Morgan fingerprint density at radius 3 is 0.980 bits per heavy atom. The molecular formula is C42H42N6O3. The van der Waals surface area contributed by atoms with Gasteiger partial charge in [0.25, 0.3) is 0 Å². The van der Waals surface area contributed by atoms with Crippen LogP contribution in [0, 0.1) is 0 Å². The zero-order chi connectivity index (χ0) is 35.0. The van der Waals surface area contributed by atoms with Crippen LogP contribution < -0.4 is 30.2 Å². The Balaban J connectivity index is 1.31. The lowest BCUT2D eigenvalue weighted by Gasteiger charge is -2.19. The number of rotatable bonds is 12. The number of ether oxygens (including phenoxy) is 3. The summed E-state index contributed by atoms with van der Waals surface area (Å²) in [7, 11) is 5.17. The molecule has 0 radical (unpaired) electrons. The molecule has 51 heavy (non-hydrogen) atoms. The molecule has 1 aliphatic rings. The van der Waals surface area contributed by atoms with Crippen molar-refractivity contribution in [3.05, 3.63) is 160 Å². The van der Waals surface area contributed by atoms with Crippen LogP contribution in [0.3, 0.4) is 0 Å². The molecule has 0 bridgehead atoms. The first-order valence-corrected chi connectivity index (χ1v) is 17.1. The fraction of sp³-hybridized carbons (Fsp3) is 0.214. The topological polar surface area (TPSA) is 102 Å². The van der Waals surface area contributed by atoms with E-state index in [9.17, 15) is 0 Å². The summed E-state index contributed by atoms with van der Waals surface area (Å²) in [5, 5.41) is 10.8. The number of benzene rings is 3. The molecule has 3 aromatic carbocycles. The summed E-state index contributed by atoms with van der Waals surface area (Å²) < 4.78 is 17.9. The molecule has 9 nitrogen and oxygen atoms in total. The lowest BCUT2D eigenvalue weighted by molar-refractivity contribution is 0.415. The molecule has 6 aromatic rings. The van der Waals surface area contributed by atoms with Crippen LogP contribution in [0.5, 0.6) is 17.2 Å². The molecule has 3 aromatic heterocycles. The van der Waals surface area contributed by atoms with E-state index in [1.54, 1.807) is 21.3 Å². The molecule has 0 saturated heterocycles. The van der Waals surface area contributed by atoms with E-state index in [1.807, 2.05) is 73.2 Å². The van der Waals surface area contributed by atoms with Gasteiger partial charge >= 0.3 is 0 Å². The van der Waals surface area contributed by atoms with Gasteiger partial charge in [0.15, 0.2) is 0 Å². The number of fused-ring (bicyclic) bond motifs is 3. The van der Waals surface area contributed by atoms with Gasteiger partial charge in [-0.25, -0.2) is 0 Å². The SMILES string of the molecule is COc1cc2c(cc1NCc1ccccn1)Cc1cc(OC)c(NCc3ccccn3)cc1Cc1cc(OC)c(NCc3ccccn3)cc1C2. The minimum absolute atomic E-state index is 0.583. The molecule has 0 unspecified atom stereocenters. The van der Waals surface area contributed by atoms with E-state index < -0.39 is 0 Å². The zero-order valence-electron chi connectivity index (χ0n) is 29.2. The normalized spacial score (nSPS) is 11.8. The average molecular weight is 679 g/mol. The van der Waals surface area contributed by atoms with Crippen LogP contribution >= 0.6 is 0 Å². The number of nitrogens with zero attached hydrogens (tertiary/aromatic N) is 3. The third-order valence-corrected chi connectivity index (χ3v) is 9.27. The first-order chi connectivity index (χ1) is 25.1. The van der Waals surface area contributed by atoms with Crippen molar-refractivity contribution in [1.29, 1.82) is 0 Å². The highest BCUT2D eigenvalue weighted by Gasteiger charge is 2.22. The molecule has 0 atom stereocenters. The smallest absolute Gasteiger partial charge is 0.142 e. The van der Waals surface area contributed by atoms with E-state index in [0.717, 1.165) is 70.7 Å². The fourth-order valence-corrected chi connectivity index (χ4v) is 6.59. The van der Waals surface area contributed by atoms with Gasteiger partial charge in [-0.1, -0.05) is 18.2 Å². The molecule has 0 aliphatic heterocycles. The zero-order valence-corrected chi connectivity index (χ0v) is 29.2. The highest BCUT2D eigenvalue weighted by atomic mass is 16.5. The number of anilines is 3. The van der Waals surface area contributed by atoms with Crippen LogP contribution in [0.1, 0.15) is 50.5 Å². The maximum Gasteiger partial charge on any atom is 0.142 e. The van der Waals surface area contributed by atoms with Crippen LogP contribution in [0.15, 0.2) is 110 Å². The Kier molecular flexibility index (Phi) is 10.2. The lowest BCUT2D eigenvalue weighted by Crippen LogP contribution is -2.07.